The van der Waals surface area contributed by atoms with Crippen molar-refractivity contribution in [2.45, 2.75) is 43.7 Å². The first-order chi connectivity index (χ1) is 15.9. The van der Waals surface area contributed by atoms with E-state index in [1.165, 1.54) is 23.9 Å². The number of thioether (sulfide) groups is 1. The van der Waals surface area contributed by atoms with Crippen LogP contribution in [0.1, 0.15) is 42.1 Å². The third-order valence-corrected chi connectivity index (χ3v) is 7.03. The molecule has 33 heavy (non-hydrogen) atoms. The molecule has 0 aliphatic heterocycles. The fourth-order valence-corrected chi connectivity index (χ4v) is 5.25. The number of carboxylic acids is 1. The van der Waals surface area contributed by atoms with Crippen LogP contribution in [-0.4, -0.2) is 34.8 Å². The molecule has 0 heterocycles. The van der Waals surface area contributed by atoms with E-state index in [4.69, 9.17) is 0 Å². The number of carboxylic acid groups (broad SMARTS) is 1. The lowest BCUT2D eigenvalue weighted by Crippen LogP contribution is -2.43. The Hall–Kier alpha value is -2.70. The number of halogens is 2. The maximum absolute atomic E-state index is 15.1. The number of aryl methyl sites for hydroxylation is 1. The van der Waals surface area contributed by atoms with Gasteiger partial charge in [-0.05, 0) is 60.3 Å². The second-order valence-corrected chi connectivity index (χ2v) is 8.98. The van der Waals surface area contributed by atoms with E-state index in [1.807, 2.05) is 50.2 Å². The number of rotatable bonds is 10. The van der Waals surface area contributed by atoms with Gasteiger partial charge in [-0.1, -0.05) is 62.4 Å². The molecule has 0 aliphatic carbocycles. The van der Waals surface area contributed by atoms with Crippen LogP contribution in [0.3, 0.4) is 0 Å². The molecule has 0 aromatic heterocycles. The van der Waals surface area contributed by atoms with Gasteiger partial charge < -0.3 is 5.11 Å². The Bertz CT molecular complexity index is 1070. The van der Waals surface area contributed by atoms with E-state index in [1.54, 1.807) is 30.1 Å². The first-order valence-electron chi connectivity index (χ1n) is 11.1. The molecule has 3 rings (SSSR count). The molecule has 0 aliphatic rings. The topological polar surface area (TPSA) is 40.5 Å². The summed E-state index contributed by atoms with van der Waals surface area (Å²) in [5.41, 5.74) is 3.35. The molecule has 0 amide bonds. The highest BCUT2D eigenvalue weighted by atomic mass is 32.2. The SMILES string of the molecule is CCc1ccc(SCC(C(=O)O)N(C)C(c2ccccc2)c2ccc(F)cc2)c(F)c1CC. The van der Waals surface area contributed by atoms with E-state index >= 15 is 4.39 Å². The number of nitrogens with zero attached hydrogens (tertiary/aromatic N) is 1. The number of hydrogen-bond donors (Lipinski definition) is 1. The van der Waals surface area contributed by atoms with Crippen LogP contribution in [0.25, 0.3) is 0 Å². The molecule has 3 aromatic carbocycles. The summed E-state index contributed by atoms with van der Waals surface area (Å²) in [4.78, 5) is 14.5. The average molecular weight is 470 g/mol. The zero-order valence-electron chi connectivity index (χ0n) is 19.1. The van der Waals surface area contributed by atoms with Crippen LogP contribution in [0, 0.1) is 11.6 Å². The van der Waals surface area contributed by atoms with Gasteiger partial charge in [-0.15, -0.1) is 11.8 Å². The number of benzene rings is 3. The highest BCUT2D eigenvalue weighted by Crippen LogP contribution is 2.33. The van der Waals surface area contributed by atoms with Crippen molar-refractivity contribution < 1.29 is 18.7 Å². The molecule has 0 saturated carbocycles. The van der Waals surface area contributed by atoms with Crippen molar-refractivity contribution in [1.29, 1.82) is 0 Å². The Morgan fingerprint density at radius 3 is 2.15 bits per heavy atom. The quantitative estimate of drug-likeness (QED) is 0.351. The molecule has 0 spiro atoms. The lowest BCUT2D eigenvalue weighted by atomic mass is 9.96. The summed E-state index contributed by atoms with van der Waals surface area (Å²) < 4.78 is 28.6. The smallest absolute Gasteiger partial charge is 0.321 e. The third-order valence-electron chi connectivity index (χ3n) is 5.92. The summed E-state index contributed by atoms with van der Waals surface area (Å²) in [6.45, 7) is 3.92. The van der Waals surface area contributed by atoms with Crippen LogP contribution < -0.4 is 0 Å². The molecule has 2 atom stereocenters. The van der Waals surface area contributed by atoms with Crippen molar-refractivity contribution in [2.24, 2.45) is 0 Å². The van der Waals surface area contributed by atoms with Gasteiger partial charge in [0.2, 0.25) is 0 Å². The van der Waals surface area contributed by atoms with Crippen molar-refractivity contribution in [1.82, 2.24) is 4.90 Å². The lowest BCUT2D eigenvalue weighted by molar-refractivity contribution is -0.142. The van der Waals surface area contributed by atoms with Crippen LogP contribution in [0.15, 0.2) is 71.6 Å². The van der Waals surface area contributed by atoms with E-state index in [0.29, 0.717) is 16.9 Å². The normalized spacial score (nSPS) is 13.2. The Morgan fingerprint density at radius 1 is 0.939 bits per heavy atom. The Labute approximate surface area is 198 Å². The highest BCUT2D eigenvalue weighted by molar-refractivity contribution is 7.99. The summed E-state index contributed by atoms with van der Waals surface area (Å²) in [6.07, 6.45) is 1.34. The van der Waals surface area contributed by atoms with Gasteiger partial charge in [0.05, 0.1) is 6.04 Å². The van der Waals surface area contributed by atoms with Crippen molar-refractivity contribution >= 4 is 17.7 Å². The number of aliphatic carboxylic acids is 1. The van der Waals surface area contributed by atoms with Crippen LogP contribution in [0.4, 0.5) is 8.78 Å². The number of hydrogen-bond acceptors (Lipinski definition) is 3. The van der Waals surface area contributed by atoms with E-state index < -0.39 is 18.1 Å². The van der Waals surface area contributed by atoms with Crippen molar-refractivity contribution in [3.63, 3.8) is 0 Å². The second-order valence-electron chi connectivity index (χ2n) is 7.92. The molecule has 3 nitrogen and oxygen atoms in total. The van der Waals surface area contributed by atoms with Gasteiger partial charge in [0, 0.05) is 10.6 Å². The minimum atomic E-state index is -0.991. The summed E-state index contributed by atoms with van der Waals surface area (Å²) >= 11 is 1.21. The molecule has 6 heteroatoms. The summed E-state index contributed by atoms with van der Waals surface area (Å²) in [6, 6.07) is 18.0. The second kappa shape index (κ2) is 11.4. The number of likely N-dealkylation sites (N-methyl/N-ethyl adjacent to an activating group) is 1. The molecule has 3 aromatic rings. The maximum atomic E-state index is 15.1. The zero-order valence-corrected chi connectivity index (χ0v) is 19.9. The summed E-state index contributed by atoms with van der Waals surface area (Å²) in [7, 11) is 1.74. The highest BCUT2D eigenvalue weighted by Gasteiger charge is 2.31. The predicted molar refractivity (Wildman–Crippen MR) is 130 cm³/mol. The van der Waals surface area contributed by atoms with Crippen LogP contribution >= 0.6 is 11.8 Å². The van der Waals surface area contributed by atoms with Gasteiger partial charge in [0.1, 0.15) is 17.7 Å². The van der Waals surface area contributed by atoms with Gasteiger partial charge in [-0.3, -0.25) is 9.69 Å². The molecule has 0 bridgehead atoms. The maximum Gasteiger partial charge on any atom is 0.321 e. The average Bonchev–Trinajstić information content (AvgIpc) is 2.81. The minimum absolute atomic E-state index is 0.169. The molecule has 1 N–H and O–H groups in total. The van der Waals surface area contributed by atoms with E-state index in [9.17, 15) is 14.3 Å². The Balaban J connectivity index is 1.91. The fraction of sp³-hybridized carbons (Fsp3) is 0.296. The van der Waals surface area contributed by atoms with Crippen molar-refractivity contribution in [2.75, 3.05) is 12.8 Å². The van der Waals surface area contributed by atoms with Crippen molar-refractivity contribution in [3.05, 3.63) is 101 Å². The zero-order chi connectivity index (χ0) is 24.0. The largest absolute Gasteiger partial charge is 0.480 e. The first kappa shape index (κ1) is 24.9. The van der Waals surface area contributed by atoms with E-state index in [-0.39, 0.29) is 17.4 Å². The Morgan fingerprint density at radius 2 is 1.58 bits per heavy atom. The molecule has 174 valence electrons. The standard InChI is InChI=1S/C27H29F2NO2S/c1-4-18-13-16-24(25(29)22(18)5-2)33-17-23(27(31)32)30(3)26(19-9-7-6-8-10-19)20-11-14-21(28)15-12-20/h6-16,23,26H,4-5,17H2,1-3H3,(H,31,32). The fourth-order valence-electron chi connectivity index (χ4n) is 4.12. The van der Waals surface area contributed by atoms with Crippen molar-refractivity contribution in [3.8, 4) is 0 Å². The molecule has 2 unspecified atom stereocenters. The lowest BCUT2D eigenvalue weighted by Gasteiger charge is -2.33. The minimum Gasteiger partial charge on any atom is -0.480 e. The molecule has 0 fully saturated rings. The molecular formula is C27H29F2NO2S. The molecule has 0 saturated heterocycles. The van der Waals surface area contributed by atoms with Gasteiger partial charge in [0.15, 0.2) is 0 Å². The van der Waals surface area contributed by atoms with Gasteiger partial charge in [-0.25, -0.2) is 8.78 Å². The van der Waals surface area contributed by atoms with Gasteiger partial charge in [-0.2, -0.15) is 0 Å². The van der Waals surface area contributed by atoms with Crippen LogP contribution in [0.2, 0.25) is 0 Å². The monoisotopic (exact) mass is 469 g/mol. The summed E-state index contributed by atoms with van der Waals surface area (Å²) in [5.74, 6) is -1.43. The first-order valence-corrected chi connectivity index (χ1v) is 12.0. The van der Waals surface area contributed by atoms with Crippen LogP contribution in [-0.2, 0) is 17.6 Å². The van der Waals surface area contributed by atoms with Crippen LogP contribution in [0.5, 0.6) is 0 Å². The van der Waals surface area contributed by atoms with E-state index in [0.717, 1.165) is 23.1 Å². The Kier molecular flexibility index (Phi) is 8.64. The molecule has 0 radical (unpaired) electrons. The number of carbonyl (C=O) groups is 1. The molecular weight excluding hydrogens is 440 g/mol. The third kappa shape index (κ3) is 5.81. The van der Waals surface area contributed by atoms with E-state index in [2.05, 4.69) is 0 Å². The predicted octanol–water partition coefficient (Wildman–Crippen LogP) is 6.36. The van der Waals surface area contributed by atoms with Gasteiger partial charge in [0.25, 0.3) is 0 Å². The van der Waals surface area contributed by atoms with Gasteiger partial charge >= 0.3 is 5.97 Å². The summed E-state index contributed by atoms with van der Waals surface area (Å²) in [5, 5.41) is 10.1.